The number of hydrogen-bond donors (Lipinski definition) is 1. The zero-order valence-electron chi connectivity index (χ0n) is 12.7. The Bertz CT molecular complexity index is 563. The molecule has 1 atom stereocenters. The highest BCUT2D eigenvalue weighted by molar-refractivity contribution is 5.92. The monoisotopic (exact) mass is 305 g/mol. The fraction of sp³-hybridized carbons (Fsp3) is 0.500. The molecular weight excluding hydrogens is 286 g/mol. The quantitative estimate of drug-likeness (QED) is 0.767. The van der Waals surface area contributed by atoms with Gasteiger partial charge in [-0.1, -0.05) is 0 Å². The van der Waals surface area contributed by atoms with Gasteiger partial charge in [0.25, 0.3) is 5.91 Å². The second kappa shape index (κ2) is 6.97. The van der Waals surface area contributed by atoms with E-state index in [2.05, 4.69) is 15.3 Å². The molecule has 0 aromatic carbocycles. The molecule has 0 saturated carbocycles. The molecule has 0 spiro atoms. The summed E-state index contributed by atoms with van der Waals surface area (Å²) in [6.07, 6.45) is 4.33. The molecule has 1 fully saturated rings. The molecule has 8 heteroatoms. The average Bonchev–Trinajstić information content (AvgIpc) is 2.77. The third-order valence-electron chi connectivity index (χ3n) is 3.65. The van der Waals surface area contributed by atoms with Crippen LogP contribution in [0.2, 0.25) is 0 Å². The Hall–Kier alpha value is -2.51. The van der Waals surface area contributed by atoms with Gasteiger partial charge in [0.05, 0.1) is 12.1 Å². The maximum absolute atomic E-state index is 12.5. The van der Waals surface area contributed by atoms with Crippen LogP contribution in [-0.4, -0.2) is 70.7 Å². The molecule has 2 rings (SSSR count). The largest absolute Gasteiger partial charge is 0.359 e. The molecule has 1 aromatic rings. The number of carbonyl (C=O) groups excluding carboxylic acids is 3. The Labute approximate surface area is 128 Å². The Kier molecular flexibility index (Phi) is 5.03. The summed E-state index contributed by atoms with van der Waals surface area (Å²) in [5.74, 6) is -1.04. The van der Waals surface area contributed by atoms with E-state index in [9.17, 15) is 14.4 Å². The molecular formula is C14H19N5O3. The number of rotatable bonds is 2. The maximum atomic E-state index is 12.5. The van der Waals surface area contributed by atoms with Gasteiger partial charge in [-0.05, 0) is 0 Å². The number of nitrogens with zero attached hydrogens (tertiary/aromatic N) is 4. The molecule has 0 aliphatic carbocycles. The highest BCUT2D eigenvalue weighted by Gasteiger charge is 2.31. The van der Waals surface area contributed by atoms with Crippen molar-refractivity contribution in [1.29, 1.82) is 0 Å². The molecule has 1 saturated heterocycles. The third kappa shape index (κ3) is 3.57. The number of hydrogen-bond acceptors (Lipinski definition) is 5. The molecule has 1 aliphatic rings. The zero-order chi connectivity index (χ0) is 16.1. The number of amides is 3. The molecule has 2 heterocycles. The lowest BCUT2D eigenvalue weighted by Crippen LogP contribution is -2.42. The van der Waals surface area contributed by atoms with E-state index in [4.69, 9.17) is 0 Å². The SMILES string of the molecule is CNC(=O)C1CN(C(C)=O)CCN(C(=O)c2cnccn2)C1. The van der Waals surface area contributed by atoms with Crippen LogP contribution < -0.4 is 5.32 Å². The van der Waals surface area contributed by atoms with Crippen molar-refractivity contribution < 1.29 is 14.4 Å². The van der Waals surface area contributed by atoms with E-state index in [1.807, 2.05) is 0 Å². The van der Waals surface area contributed by atoms with Gasteiger partial charge >= 0.3 is 0 Å². The van der Waals surface area contributed by atoms with Crippen LogP contribution in [0, 0.1) is 5.92 Å². The van der Waals surface area contributed by atoms with Crippen molar-refractivity contribution in [2.45, 2.75) is 6.92 Å². The fourth-order valence-corrected chi connectivity index (χ4v) is 2.43. The summed E-state index contributed by atoms with van der Waals surface area (Å²) in [6.45, 7) is 2.77. The first-order valence-corrected chi connectivity index (χ1v) is 7.05. The van der Waals surface area contributed by atoms with Crippen LogP contribution in [0.4, 0.5) is 0 Å². The molecule has 0 bridgehead atoms. The molecule has 1 unspecified atom stereocenters. The summed E-state index contributed by atoms with van der Waals surface area (Å²) in [4.78, 5) is 47.1. The van der Waals surface area contributed by atoms with Crippen molar-refractivity contribution in [2.75, 3.05) is 33.2 Å². The molecule has 0 radical (unpaired) electrons. The topological polar surface area (TPSA) is 95.5 Å². The second-order valence-electron chi connectivity index (χ2n) is 5.12. The summed E-state index contributed by atoms with van der Waals surface area (Å²) in [7, 11) is 1.54. The van der Waals surface area contributed by atoms with Gasteiger partial charge in [0.15, 0.2) is 0 Å². The van der Waals surface area contributed by atoms with E-state index in [0.29, 0.717) is 19.6 Å². The van der Waals surface area contributed by atoms with Gasteiger partial charge in [0.2, 0.25) is 11.8 Å². The van der Waals surface area contributed by atoms with Gasteiger partial charge in [-0.2, -0.15) is 0 Å². The number of carbonyl (C=O) groups is 3. The maximum Gasteiger partial charge on any atom is 0.274 e. The lowest BCUT2D eigenvalue weighted by Gasteiger charge is -2.22. The molecule has 8 nitrogen and oxygen atoms in total. The Balaban J connectivity index is 2.19. The predicted octanol–water partition coefficient (Wildman–Crippen LogP) is -0.857. The first kappa shape index (κ1) is 15.9. The minimum absolute atomic E-state index is 0.109. The van der Waals surface area contributed by atoms with Crippen molar-refractivity contribution in [2.24, 2.45) is 5.92 Å². The van der Waals surface area contributed by atoms with E-state index in [1.165, 1.54) is 25.5 Å². The minimum Gasteiger partial charge on any atom is -0.359 e. The zero-order valence-corrected chi connectivity index (χ0v) is 12.7. The third-order valence-corrected chi connectivity index (χ3v) is 3.65. The average molecular weight is 305 g/mol. The van der Waals surface area contributed by atoms with Crippen molar-refractivity contribution in [3.05, 3.63) is 24.3 Å². The van der Waals surface area contributed by atoms with Gasteiger partial charge in [-0.25, -0.2) is 4.98 Å². The summed E-state index contributed by atoms with van der Waals surface area (Å²) in [6, 6.07) is 0. The summed E-state index contributed by atoms with van der Waals surface area (Å²) < 4.78 is 0. The van der Waals surface area contributed by atoms with Gasteiger partial charge in [0.1, 0.15) is 5.69 Å². The standard InChI is InChI=1S/C14H19N5O3/c1-10(20)18-5-6-19(9-11(8-18)13(21)15-2)14(22)12-7-16-3-4-17-12/h3-4,7,11H,5-6,8-9H2,1-2H3,(H,15,21). The Morgan fingerprint density at radius 2 is 1.86 bits per heavy atom. The summed E-state index contributed by atoms with van der Waals surface area (Å²) >= 11 is 0. The van der Waals surface area contributed by atoms with Crippen LogP contribution in [0.25, 0.3) is 0 Å². The van der Waals surface area contributed by atoms with E-state index >= 15 is 0 Å². The van der Waals surface area contributed by atoms with Gasteiger partial charge < -0.3 is 15.1 Å². The number of aromatic nitrogens is 2. The lowest BCUT2D eigenvalue weighted by atomic mass is 10.1. The molecule has 1 aromatic heterocycles. The van der Waals surface area contributed by atoms with Crippen LogP contribution in [0.1, 0.15) is 17.4 Å². The second-order valence-corrected chi connectivity index (χ2v) is 5.12. The lowest BCUT2D eigenvalue weighted by molar-refractivity contribution is -0.130. The van der Waals surface area contributed by atoms with Crippen molar-refractivity contribution in [3.63, 3.8) is 0 Å². The Morgan fingerprint density at radius 3 is 2.45 bits per heavy atom. The van der Waals surface area contributed by atoms with Crippen molar-refractivity contribution >= 4 is 17.7 Å². The smallest absolute Gasteiger partial charge is 0.274 e. The van der Waals surface area contributed by atoms with Crippen LogP contribution in [0.5, 0.6) is 0 Å². The van der Waals surface area contributed by atoms with Crippen molar-refractivity contribution in [1.82, 2.24) is 25.1 Å². The van der Waals surface area contributed by atoms with E-state index in [-0.39, 0.29) is 30.0 Å². The molecule has 1 aliphatic heterocycles. The van der Waals surface area contributed by atoms with Gasteiger partial charge in [-0.3, -0.25) is 19.4 Å². The predicted molar refractivity (Wildman–Crippen MR) is 77.7 cm³/mol. The highest BCUT2D eigenvalue weighted by atomic mass is 16.2. The van der Waals surface area contributed by atoms with E-state index in [1.54, 1.807) is 16.8 Å². The first-order chi connectivity index (χ1) is 10.5. The van der Waals surface area contributed by atoms with Gasteiger partial charge in [-0.15, -0.1) is 0 Å². The molecule has 22 heavy (non-hydrogen) atoms. The first-order valence-electron chi connectivity index (χ1n) is 7.05. The Morgan fingerprint density at radius 1 is 1.18 bits per heavy atom. The molecule has 1 N–H and O–H groups in total. The van der Waals surface area contributed by atoms with Crippen LogP contribution in [0.15, 0.2) is 18.6 Å². The van der Waals surface area contributed by atoms with Crippen LogP contribution >= 0.6 is 0 Å². The highest BCUT2D eigenvalue weighted by Crippen LogP contribution is 2.12. The van der Waals surface area contributed by atoms with Crippen molar-refractivity contribution in [3.8, 4) is 0 Å². The van der Waals surface area contributed by atoms with Crippen LogP contribution in [0.3, 0.4) is 0 Å². The summed E-state index contributed by atoms with van der Waals surface area (Å²) in [5.41, 5.74) is 0.231. The fourth-order valence-electron chi connectivity index (χ4n) is 2.43. The minimum atomic E-state index is -0.461. The van der Waals surface area contributed by atoms with Gasteiger partial charge in [0, 0.05) is 52.5 Å². The van der Waals surface area contributed by atoms with Crippen LogP contribution in [-0.2, 0) is 9.59 Å². The normalized spacial score (nSPS) is 18.5. The van der Waals surface area contributed by atoms with E-state index < -0.39 is 5.92 Å². The number of nitrogens with one attached hydrogen (secondary N) is 1. The van der Waals surface area contributed by atoms with E-state index in [0.717, 1.165) is 0 Å². The summed E-state index contributed by atoms with van der Waals surface area (Å²) in [5, 5.41) is 2.58. The molecule has 3 amide bonds. The molecule has 118 valence electrons.